The van der Waals surface area contributed by atoms with Crippen LogP contribution in [-0.2, 0) is 4.79 Å². The van der Waals surface area contributed by atoms with Crippen LogP contribution in [0.3, 0.4) is 0 Å². The predicted octanol–water partition coefficient (Wildman–Crippen LogP) is 2.64. The first-order valence-electron chi connectivity index (χ1n) is 6.17. The predicted molar refractivity (Wildman–Crippen MR) is 86.0 cm³/mol. The molecule has 3 N–H and O–H groups in total. The molecule has 2 rings (SSSR count). The summed E-state index contributed by atoms with van der Waals surface area (Å²) in [5, 5.41) is 0. The molecular weight excluding hydrogens is 354 g/mol. The SMILES string of the molecule is Cc1ccc(SCC(=O)NNC(=O)c2cc(Br)c[nH]2)cc1. The van der Waals surface area contributed by atoms with Gasteiger partial charge < -0.3 is 4.98 Å². The maximum Gasteiger partial charge on any atom is 0.286 e. The van der Waals surface area contributed by atoms with E-state index in [1.54, 1.807) is 12.3 Å². The third-order valence-corrected chi connectivity index (χ3v) is 4.07. The van der Waals surface area contributed by atoms with E-state index in [4.69, 9.17) is 0 Å². The Morgan fingerprint density at radius 1 is 1.24 bits per heavy atom. The van der Waals surface area contributed by atoms with Crippen LogP contribution in [0.4, 0.5) is 0 Å². The van der Waals surface area contributed by atoms with E-state index in [0.717, 1.165) is 9.37 Å². The number of carbonyl (C=O) groups is 2. The van der Waals surface area contributed by atoms with Crippen molar-refractivity contribution in [2.45, 2.75) is 11.8 Å². The van der Waals surface area contributed by atoms with Gasteiger partial charge in [0.2, 0.25) is 5.91 Å². The first-order chi connectivity index (χ1) is 10.0. The van der Waals surface area contributed by atoms with Gasteiger partial charge in [-0.05, 0) is 41.1 Å². The Morgan fingerprint density at radius 2 is 1.95 bits per heavy atom. The van der Waals surface area contributed by atoms with E-state index < -0.39 is 5.91 Å². The van der Waals surface area contributed by atoms with E-state index in [9.17, 15) is 9.59 Å². The van der Waals surface area contributed by atoms with Crippen LogP contribution < -0.4 is 10.9 Å². The minimum atomic E-state index is -0.394. The van der Waals surface area contributed by atoms with Crippen molar-refractivity contribution in [1.29, 1.82) is 0 Å². The lowest BCUT2D eigenvalue weighted by Gasteiger charge is -2.06. The molecule has 110 valence electrons. The molecule has 0 unspecified atom stereocenters. The van der Waals surface area contributed by atoms with E-state index in [1.165, 1.54) is 17.3 Å². The standard InChI is InChI=1S/C14H14BrN3O2S/c1-9-2-4-11(5-3-9)21-8-13(19)17-18-14(20)12-6-10(15)7-16-12/h2-7,16H,8H2,1H3,(H,17,19)(H,18,20). The van der Waals surface area contributed by atoms with Gasteiger partial charge in [0.15, 0.2) is 0 Å². The Morgan fingerprint density at radius 3 is 2.57 bits per heavy atom. The van der Waals surface area contributed by atoms with Gasteiger partial charge in [-0.25, -0.2) is 0 Å². The second-order valence-corrected chi connectivity index (χ2v) is 6.30. The zero-order valence-electron chi connectivity index (χ0n) is 11.3. The number of rotatable bonds is 4. The van der Waals surface area contributed by atoms with Crippen LogP contribution in [0.25, 0.3) is 0 Å². The van der Waals surface area contributed by atoms with Crippen molar-refractivity contribution in [3.8, 4) is 0 Å². The molecule has 1 heterocycles. The summed E-state index contributed by atoms with van der Waals surface area (Å²) in [6.45, 7) is 2.01. The molecule has 0 aliphatic rings. The number of amides is 2. The quantitative estimate of drug-likeness (QED) is 0.574. The van der Waals surface area contributed by atoms with Crippen LogP contribution in [0.15, 0.2) is 45.9 Å². The van der Waals surface area contributed by atoms with E-state index in [-0.39, 0.29) is 11.7 Å². The summed E-state index contributed by atoms with van der Waals surface area (Å²) >= 11 is 4.64. The molecule has 5 nitrogen and oxygen atoms in total. The molecule has 0 spiro atoms. The molecule has 0 aliphatic heterocycles. The number of benzene rings is 1. The molecule has 1 aromatic heterocycles. The number of thioether (sulfide) groups is 1. The first kappa shape index (κ1) is 15.7. The van der Waals surface area contributed by atoms with Gasteiger partial charge in [-0.2, -0.15) is 0 Å². The highest BCUT2D eigenvalue weighted by molar-refractivity contribution is 9.10. The van der Waals surface area contributed by atoms with E-state index in [0.29, 0.717) is 5.69 Å². The Bertz CT molecular complexity index is 640. The maximum absolute atomic E-state index is 11.7. The minimum Gasteiger partial charge on any atom is -0.356 e. The topological polar surface area (TPSA) is 74.0 Å². The summed E-state index contributed by atoms with van der Waals surface area (Å²) in [6.07, 6.45) is 1.64. The van der Waals surface area contributed by atoms with Gasteiger partial charge in [-0.15, -0.1) is 11.8 Å². The van der Waals surface area contributed by atoms with Crippen molar-refractivity contribution in [2.75, 3.05) is 5.75 Å². The number of hydrogen-bond donors (Lipinski definition) is 3. The number of hydrogen-bond acceptors (Lipinski definition) is 3. The minimum absolute atomic E-state index is 0.234. The van der Waals surface area contributed by atoms with Gasteiger partial charge in [0, 0.05) is 15.6 Å². The number of H-pyrrole nitrogens is 1. The lowest BCUT2D eigenvalue weighted by Crippen LogP contribution is -2.42. The van der Waals surface area contributed by atoms with Gasteiger partial charge in [0.1, 0.15) is 5.69 Å². The van der Waals surface area contributed by atoms with Crippen molar-refractivity contribution in [3.63, 3.8) is 0 Å². The molecule has 0 saturated heterocycles. The summed E-state index contributed by atoms with van der Waals surface area (Å²) in [7, 11) is 0. The molecule has 2 amide bonds. The van der Waals surface area contributed by atoms with Crippen LogP contribution in [0.2, 0.25) is 0 Å². The average Bonchev–Trinajstić information content (AvgIpc) is 2.91. The van der Waals surface area contributed by atoms with Crippen LogP contribution in [0, 0.1) is 6.92 Å². The van der Waals surface area contributed by atoms with Crippen LogP contribution in [0.1, 0.15) is 16.1 Å². The zero-order valence-corrected chi connectivity index (χ0v) is 13.7. The van der Waals surface area contributed by atoms with E-state index in [2.05, 4.69) is 31.8 Å². The monoisotopic (exact) mass is 367 g/mol. The van der Waals surface area contributed by atoms with E-state index in [1.807, 2.05) is 31.2 Å². The van der Waals surface area contributed by atoms with Gasteiger partial charge >= 0.3 is 0 Å². The fourth-order valence-electron chi connectivity index (χ4n) is 1.51. The Labute approximate surface area is 135 Å². The van der Waals surface area contributed by atoms with Gasteiger partial charge in [0.25, 0.3) is 5.91 Å². The smallest absolute Gasteiger partial charge is 0.286 e. The van der Waals surface area contributed by atoms with Crippen molar-refractivity contribution in [3.05, 3.63) is 52.3 Å². The molecule has 0 saturated carbocycles. The summed E-state index contributed by atoms with van der Waals surface area (Å²) in [6, 6.07) is 9.53. The average molecular weight is 368 g/mol. The molecular formula is C14H14BrN3O2S. The highest BCUT2D eigenvalue weighted by atomic mass is 79.9. The van der Waals surface area contributed by atoms with Crippen LogP contribution in [-0.4, -0.2) is 22.6 Å². The fourth-order valence-corrected chi connectivity index (χ4v) is 2.55. The highest BCUT2D eigenvalue weighted by Crippen LogP contribution is 2.17. The number of aromatic amines is 1. The Kier molecular flexibility index (Phi) is 5.46. The summed E-state index contributed by atoms with van der Waals surface area (Å²) < 4.78 is 0.772. The number of aryl methyl sites for hydroxylation is 1. The highest BCUT2D eigenvalue weighted by Gasteiger charge is 2.09. The van der Waals surface area contributed by atoms with Crippen molar-refractivity contribution < 1.29 is 9.59 Å². The molecule has 2 aromatic rings. The number of aromatic nitrogens is 1. The normalized spacial score (nSPS) is 10.2. The Hall–Kier alpha value is -1.73. The molecule has 0 radical (unpaired) electrons. The van der Waals surface area contributed by atoms with Crippen molar-refractivity contribution in [2.24, 2.45) is 0 Å². The molecule has 21 heavy (non-hydrogen) atoms. The summed E-state index contributed by atoms with van der Waals surface area (Å²) in [4.78, 5) is 27.1. The molecule has 0 atom stereocenters. The lowest BCUT2D eigenvalue weighted by atomic mass is 10.2. The third-order valence-electron chi connectivity index (χ3n) is 2.60. The maximum atomic E-state index is 11.7. The van der Waals surface area contributed by atoms with Crippen LogP contribution >= 0.6 is 27.7 Å². The molecule has 0 fully saturated rings. The number of halogens is 1. The summed E-state index contributed by atoms with van der Waals surface area (Å²) in [5.74, 6) is -0.425. The van der Waals surface area contributed by atoms with Crippen molar-refractivity contribution >= 4 is 39.5 Å². The van der Waals surface area contributed by atoms with Gasteiger partial charge in [-0.1, -0.05) is 17.7 Å². The largest absolute Gasteiger partial charge is 0.356 e. The zero-order chi connectivity index (χ0) is 15.2. The van der Waals surface area contributed by atoms with Crippen molar-refractivity contribution in [1.82, 2.24) is 15.8 Å². The fraction of sp³-hybridized carbons (Fsp3) is 0.143. The second kappa shape index (κ2) is 7.33. The number of carbonyl (C=O) groups excluding carboxylic acids is 2. The second-order valence-electron chi connectivity index (χ2n) is 4.34. The molecule has 0 aliphatic carbocycles. The molecule has 7 heteroatoms. The number of nitrogens with one attached hydrogen (secondary N) is 3. The lowest BCUT2D eigenvalue weighted by molar-refractivity contribution is -0.119. The van der Waals surface area contributed by atoms with Crippen LogP contribution in [0.5, 0.6) is 0 Å². The number of hydrazine groups is 1. The molecule has 1 aromatic carbocycles. The van der Waals surface area contributed by atoms with Gasteiger partial charge in [0.05, 0.1) is 5.75 Å². The first-order valence-corrected chi connectivity index (χ1v) is 7.95. The molecule has 0 bridgehead atoms. The Balaban J connectivity index is 1.74. The third kappa shape index (κ3) is 4.95. The van der Waals surface area contributed by atoms with E-state index >= 15 is 0 Å². The summed E-state index contributed by atoms with van der Waals surface area (Å²) in [5.41, 5.74) is 6.27. The van der Waals surface area contributed by atoms with Gasteiger partial charge in [-0.3, -0.25) is 20.4 Å².